The summed E-state index contributed by atoms with van der Waals surface area (Å²) in [7, 11) is -3.53. The van der Waals surface area contributed by atoms with Gasteiger partial charge in [-0.2, -0.15) is 0 Å². The van der Waals surface area contributed by atoms with Gasteiger partial charge in [-0.05, 0) is 30.3 Å². The number of amides is 2. The van der Waals surface area contributed by atoms with E-state index in [-0.39, 0.29) is 28.7 Å². The van der Waals surface area contributed by atoms with Crippen LogP contribution in [0.15, 0.2) is 47.4 Å². The summed E-state index contributed by atoms with van der Waals surface area (Å²) >= 11 is 0. The molecule has 2 aromatic rings. The number of hydrogen-bond acceptors (Lipinski definition) is 5. The van der Waals surface area contributed by atoms with E-state index in [0.29, 0.717) is 17.1 Å². The molecule has 8 heteroatoms. The van der Waals surface area contributed by atoms with Crippen LogP contribution >= 0.6 is 0 Å². The summed E-state index contributed by atoms with van der Waals surface area (Å²) in [6.07, 6.45) is 0. The molecule has 2 aromatic carbocycles. The molecule has 2 amide bonds. The van der Waals surface area contributed by atoms with Crippen LogP contribution in [0.2, 0.25) is 0 Å². The molecular weight excluding hydrogens is 344 g/mol. The van der Waals surface area contributed by atoms with Crippen molar-refractivity contribution >= 4 is 33.0 Å². The zero-order valence-corrected chi connectivity index (χ0v) is 14.2. The van der Waals surface area contributed by atoms with E-state index in [1.54, 1.807) is 30.3 Å². The second-order valence-electron chi connectivity index (χ2n) is 5.40. The molecule has 0 radical (unpaired) electrons. The molecular formula is C17H16N2O5S. The van der Waals surface area contributed by atoms with E-state index in [1.165, 1.54) is 19.1 Å². The molecule has 1 heterocycles. The number of rotatable bonds is 4. The Morgan fingerprint density at radius 1 is 1.24 bits per heavy atom. The van der Waals surface area contributed by atoms with Crippen molar-refractivity contribution in [3.8, 4) is 5.75 Å². The number of carbonyl (C=O) groups is 2. The Balaban J connectivity index is 1.89. The predicted octanol–water partition coefficient (Wildman–Crippen LogP) is 2.06. The van der Waals surface area contributed by atoms with Crippen molar-refractivity contribution in [2.75, 3.05) is 23.0 Å². The van der Waals surface area contributed by atoms with Crippen LogP contribution in [-0.2, 0) is 14.6 Å². The zero-order chi connectivity index (χ0) is 18.0. The van der Waals surface area contributed by atoms with Crippen LogP contribution in [0.1, 0.15) is 17.3 Å². The van der Waals surface area contributed by atoms with Gasteiger partial charge in [0.05, 0.1) is 21.9 Å². The van der Waals surface area contributed by atoms with Gasteiger partial charge in [-0.25, -0.2) is 8.42 Å². The first-order chi connectivity index (χ1) is 11.9. The molecule has 0 fully saturated rings. The minimum atomic E-state index is -3.53. The number of carbonyl (C=O) groups excluding carboxylic acids is 2. The quantitative estimate of drug-likeness (QED) is 0.869. The molecule has 2 N–H and O–H groups in total. The van der Waals surface area contributed by atoms with Crippen molar-refractivity contribution in [2.24, 2.45) is 0 Å². The molecule has 0 saturated carbocycles. The fraction of sp³-hybridized carbons (Fsp3) is 0.176. The predicted molar refractivity (Wildman–Crippen MR) is 92.7 cm³/mol. The number of sulfone groups is 1. The number of ether oxygens (including phenoxy) is 1. The molecule has 0 atom stereocenters. The molecule has 7 nitrogen and oxygen atoms in total. The maximum absolute atomic E-state index is 12.5. The molecule has 3 rings (SSSR count). The van der Waals surface area contributed by atoms with Gasteiger partial charge in [-0.3, -0.25) is 9.59 Å². The number of anilines is 2. The van der Waals surface area contributed by atoms with Crippen LogP contribution in [-0.4, -0.2) is 32.6 Å². The summed E-state index contributed by atoms with van der Waals surface area (Å²) in [4.78, 5) is 23.9. The highest BCUT2D eigenvalue weighted by atomic mass is 32.2. The fourth-order valence-corrected chi connectivity index (χ4v) is 3.53. The largest absolute Gasteiger partial charge is 0.482 e. The van der Waals surface area contributed by atoms with Crippen molar-refractivity contribution in [2.45, 2.75) is 11.8 Å². The highest BCUT2D eigenvalue weighted by molar-refractivity contribution is 7.91. The summed E-state index contributed by atoms with van der Waals surface area (Å²) in [6.45, 7) is 1.47. The second kappa shape index (κ2) is 6.56. The van der Waals surface area contributed by atoms with Gasteiger partial charge >= 0.3 is 0 Å². The fourth-order valence-electron chi connectivity index (χ4n) is 2.44. The normalized spacial score (nSPS) is 13.4. The monoisotopic (exact) mass is 360 g/mol. The zero-order valence-electron chi connectivity index (χ0n) is 13.4. The van der Waals surface area contributed by atoms with Crippen LogP contribution in [0.3, 0.4) is 0 Å². The Hall–Kier alpha value is -2.87. The van der Waals surface area contributed by atoms with E-state index >= 15 is 0 Å². The Morgan fingerprint density at radius 3 is 2.76 bits per heavy atom. The third-order valence-corrected chi connectivity index (χ3v) is 5.50. The van der Waals surface area contributed by atoms with E-state index in [2.05, 4.69) is 10.6 Å². The Kier molecular flexibility index (Phi) is 4.45. The SMILES string of the molecule is CCS(=O)(=O)c1ccccc1C(=O)Nc1ccc2c(c1)NC(=O)CO2. The molecule has 0 bridgehead atoms. The summed E-state index contributed by atoms with van der Waals surface area (Å²) in [5.41, 5.74) is 0.934. The van der Waals surface area contributed by atoms with Crippen molar-refractivity contribution in [3.05, 3.63) is 48.0 Å². The van der Waals surface area contributed by atoms with Crippen LogP contribution < -0.4 is 15.4 Å². The van der Waals surface area contributed by atoms with Gasteiger partial charge < -0.3 is 15.4 Å². The molecule has 130 valence electrons. The lowest BCUT2D eigenvalue weighted by atomic mass is 10.2. The summed E-state index contributed by atoms with van der Waals surface area (Å²) in [6, 6.07) is 10.8. The molecule has 0 aliphatic carbocycles. The number of nitrogens with one attached hydrogen (secondary N) is 2. The first-order valence-electron chi connectivity index (χ1n) is 7.60. The van der Waals surface area contributed by atoms with E-state index < -0.39 is 15.7 Å². The second-order valence-corrected chi connectivity index (χ2v) is 7.65. The topological polar surface area (TPSA) is 102 Å². The lowest BCUT2D eigenvalue weighted by Gasteiger charge is -2.18. The van der Waals surface area contributed by atoms with Crippen molar-refractivity contribution in [1.29, 1.82) is 0 Å². The van der Waals surface area contributed by atoms with Crippen molar-refractivity contribution in [1.82, 2.24) is 0 Å². The standard InChI is InChI=1S/C17H16N2O5S/c1-2-25(22,23)15-6-4-3-5-12(15)17(21)18-11-7-8-14-13(9-11)19-16(20)10-24-14/h3-9H,2,10H2,1H3,(H,18,21)(H,19,20). The summed E-state index contributed by atoms with van der Waals surface area (Å²) < 4.78 is 29.6. The summed E-state index contributed by atoms with van der Waals surface area (Å²) in [5.74, 6) is -0.419. The molecule has 1 aliphatic rings. The van der Waals surface area contributed by atoms with Crippen LogP contribution in [0, 0.1) is 0 Å². The molecule has 0 unspecified atom stereocenters. The van der Waals surface area contributed by atoms with E-state index in [1.807, 2.05) is 0 Å². The Labute approximate surface area is 144 Å². The van der Waals surface area contributed by atoms with Crippen LogP contribution in [0.25, 0.3) is 0 Å². The number of benzene rings is 2. The third kappa shape index (κ3) is 3.48. The minimum absolute atomic E-state index is 0.00963. The lowest BCUT2D eigenvalue weighted by Crippen LogP contribution is -2.25. The third-order valence-electron chi connectivity index (χ3n) is 3.72. The average Bonchev–Trinajstić information content (AvgIpc) is 2.61. The van der Waals surface area contributed by atoms with Crippen LogP contribution in [0.4, 0.5) is 11.4 Å². The first kappa shape index (κ1) is 17.0. The van der Waals surface area contributed by atoms with Crippen molar-refractivity contribution in [3.63, 3.8) is 0 Å². The highest BCUT2D eigenvalue weighted by Gasteiger charge is 2.21. The molecule has 25 heavy (non-hydrogen) atoms. The average molecular weight is 360 g/mol. The Bertz CT molecular complexity index is 953. The molecule has 0 aromatic heterocycles. The minimum Gasteiger partial charge on any atom is -0.482 e. The smallest absolute Gasteiger partial charge is 0.262 e. The lowest BCUT2D eigenvalue weighted by molar-refractivity contribution is -0.118. The highest BCUT2D eigenvalue weighted by Crippen LogP contribution is 2.30. The maximum Gasteiger partial charge on any atom is 0.262 e. The Morgan fingerprint density at radius 2 is 2.00 bits per heavy atom. The van der Waals surface area contributed by atoms with Gasteiger partial charge in [0.1, 0.15) is 5.75 Å². The molecule has 1 aliphatic heterocycles. The van der Waals surface area contributed by atoms with E-state index in [4.69, 9.17) is 4.74 Å². The maximum atomic E-state index is 12.5. The molecule has 0 spiro atoms. The number of fused-ring (bicyclic) bond motifs is 1. The molecule has 0 saturated heterocycles. The van der Waals surface area contributed by atoms with E-state index in [0.717, 1.165) is 0 Å². The van der Waals surface area contributed by atoms with Gasteiger partial charge in [0.15, 0.2) is 16.4 Å². The van der Waals surface area contributed by atoms with E-state index in [9.17, 15) is 18.0 Å². The number of hydrogen-bond donors (Lipinski definition) is 2. The van der Waals surface area contributed by atoms with Gasteiger partial charge in [0.25, 0.3) is 11.8 Å². The van der Waals surface area contributed by atoms with Gasteiger partial charge in [-0.1, -0.05) is 19.1 Å². The first-order valence-corrected chi connectivity index (χ1v) is 9.26. The van der Waals surface area contributed by atoms with Crippen LogP contribution in [0.5, 0.6) is 5.75 Å². The van der Waals surface area contributed by atoms with Gasteiger partial charge in [0, 0.05) is 5.69 Å². The summed E-state index contributed by atoms with van der Waals surface area (Å²) in [5, 5.41) is 5.30. The van der Waals surface area contributed by atoms with Crippen molar-refractivity contribution < 1.29 is 22.7 Å². The van der Waals surface area contributed by atoms with Gasteiger partial charge in [-0.15, -0.1) is 0 Å². The van der Waals surface area contributed by atoms with Gasteiger partial charge in [0.2, 0.25) is 0 Å².